The van der Waals surface area contributed by atoms with Gasteiger partial charge < -0.3 is 4.52 Å². The van der Waals surface area contributed by atoms with Crippen LogP contribution in [0, 0.1) is 11.3 Å². The van der Waals surface area contributed by atoms with E-state index in [1.54, 1.807) is 23.9 Å². The zero-order valence-electron chi connectivity index (χ0n) is 10.3. The maximum Gasteiger partial charge on any atom is 0.237 e. The summed E-state index contributed by atoms with van der Waals surface area (Å²) in [5.74, 6) is 2.30. The van der Waals surface area contributed by atoms with Gasteiger partial charge in [0.15, 0.2) is 5.82 Å². The molecule has 1 aromatic heterocycles. The summed E-state index contributed by atoms with van der Waals surface area (Å²) in [6.45, 7) is 4.06. The SMILES string of the molecule is CC(C)c1noc(CSc2ccc(C#N)cc2)n1. The van der Waals surface area contributed by atoms with Crippen molar-refractivity contribution in [2.45, 2.75) is 30.4 Å². The summed E-state index contributed by atoms with van der Waals surface area (Å²) in [5, 5.41) is 12.6. The maximum atomic E-state index is 8.70. The van der Waals surface area contributed by atoms with Crippen molar-refractivity contribution in [1.29, 1.82) is 5.26 Å². The molecule has 0 atom stereocenters. The Morgan fingerprint density at radius 1 is 1.33 bits per heavy atom. The van der Waals surface area contributed by atoms with Crippen LogP contribution in [0.3, 0.4) is 0 Å². The lowest BCUT2D eigenvalue weighted by atomic mass is 10.2. The van der Waals surface area contributed by atoms with E-state index in [0.29, 0.717) is 17.2 Å². The van der Waals surface area contributed by atoms with Crippen LogP contribution >= 0.6 is 11.8 Å². The van der Waals surface area contributed by atoms with Crippen LogP contribution in [-0.4, -0.2) is 10.1 Å². The third-order valence-corrected chi connectivity index (χ3v) is 3.34. The van der Waals surface area contributed by atoms with Crippen LogP contribution < -0.4 is 0 Å². The van der Waals surface area contributed by atoms with Crippen molar-refractivity contribution < 1.29 is 4.52 Å². The highest BCUT2D eigenvalue weighted by molar-refractivity contribution is 7.98. The Hall–Kier alpha value is -1.80. The van der Waals surface area contributed by atoms with E-state index in [2.05, 4.69) is 16.2 Å². The molecular weight excluding hydrogens is 246 g/mol. The molecule has 0 fully saturated rings. The average molecular weight is 259 g/mol. The molecule has 1 heterocycles. The standard InChI is InChI=1S/C13H13N3OS/c1-9(2)13-15-12(17-16-13)8-18-11-5-3-10(7-14)4-6-11/h3-6,9H,8H2,1-2H3. The molecule has 0 spiro atoms. The Balaban J connectivity index is 1.96. The Morgan fingerprint density at radius 2 is 2.06 bits per heavy atom. The molecule has 0 N–H and O–H groups in total. The molecule has 0 amide bonds. The van der Waals surface area contributed by atoms with Gasteiger partial charge in [0, 0.05) is 10.8 Å². The van der Waals surface area contributed by atoms with Crippen molar-refractivity contribution in [1.82, 2.24) is 10.1 Å². The minimum Gasteiger partial charge on any atom is -0.338 e. The van der Waals surface area contributed by atoms with Crippen LogP contribution in [0.4, 0.5) is 0 Å². The minimum atomic E-state index is 0.280. The molecule has 18 heavy (non-hydrogen) atoms. The second-order valence-corrected chi connectivity index (χ2v) is 5.17. The van der Waals surface area contributed by atoms with Crippen molar-refractivity contribution in [3.8, 4) is 6.07 Å². The van der Waals surface area contributed by atoms with Crippen LogP contribution in [0.5, 0.6) is 0 Å². The van der Waals surface area contributed by atoms with E-state index < -0.39 is 0 Å². The molecule has 0 aliphatic carbocycles. The van der Waals surface area contributed by atoms with Gasteiger partial charge in [-0.15, -0.1) is 11.8 Å². The molecule has 0 saturated heterocycles. The first kappa shape index (κ1) is 12.7. The molecule has 0 radical (unpaired) electrons. The van der Waals surface area contributed by atoms with E-state index in [1.165, 1.54) is 0 Å². The number of rotatable bonds is 4. The summed E-state index contributed by atoms with van der Waals surface area (Å²) >= 11 is 1.61. The highest BCUT2D eigenvalue weighted by atomic mass is 32.2. The summed E-state index contributed by atoms with van der Waals surface area (Å²) in [6.07, 6.45) is 0. The van der Waals surface area contributed by atoms with E-state index in [1.807, 2.05) is 26.0 Å². The van der Waals surface area contributed by atoms with E-state index in [0.717, 1.165) is 10.7 Å². The molecule has 2 rings (SSSR count). The summed E-state index contributed by atoms with van der Waals surface area (Å²) in [4.78, 5) is 5.39. The zero-order chi connectivity index (χ0) is 13.0. The van der Waals surface area contributed by atoms with Gasteiger partial charge in [-0.2, -0.15) is 10.2 Å². The smallest absolute Gasteiger partial charge is 0.237 e. The summed E-state index contributed by atoms with van der Waals surface area (Å²) < 4.78 is 5.16. The number of hydrogen-bond donors (Lipinski definition) is 0. The fraction of sp³-hybridized carbons (Fsp3) is 0.308. The van der Waals surface area contributed by atoms with Crippen LogP contribution in [0.25, 0.3) is 0 Å². The van der Waals surface area contributed by atoms with Crippen LogP contribution in [0.15, 0.2) is 33.7 Å². The fourth-order valence-electron chi connectivity index (χ4n) is 1.33. The van der Waals surface area contributed by atoms with Gasteiger partial charge in [-0.3, -0.25) is 0 Å². The van der Waals surface area contributed by atoms with E-state index in [9.17, 15) is 0 Å². The molecule has 92 valence electrons. The van der Waals surface area contributed by atoms with Crippen molar-refractivity contribution in [3.63, 3.8) is 0 Å². The second kappa shape index (κ2) is 5.69. The molecule has 5 heteroatoms. The highest BCUT2D eigenvalue weighted by Gasteiger charge is 2.09. The lowest BCUT2D eigenvalue weighted by Gasteiger charge is -1.97. The van der Waals surface area contributed by atoms with E-state index in [4.69, 9.17) is 9.78 Å². The van der Waals surface area contributed by atoms with Crippen LogP contribution in [0.2, 0.25) is 0 Å². The lowest BCUT2D eigenvalue weighted by molar-refractivity contribution is 0.383. The highest BCUT2D eigenvalue weighted by Crippen LogP contribution is 2.23. The molecule has 0 saturated carbocycles. The zero-order valence-corrected chi connectivity index (χ0v) is 11.1. The molecular formula is C13H13N3OS. The molecule has 1 aromatic carbocycles. The first-order valence-electron chi connectivity index (χ1n) is 5.64. The lowest BCUT2D eigenvalue weighted by Crippen LogP contribution is -1.90. The monoisotopic (exact) mass is 259 g/mol. The van der Waals surface area contributed by atoms with Gasteiger partial charge in [-0.25, -0.2) is 0 Å². The van der Waals surface area contributed by atoms with Crippen LogP contribution in [0.1, 0.15) is 37.0 Å². The van der Waals surface area contributed by atoms with Gasteiger partial charge in [0.05, 0.1) is 17.4 Å². The van der Waals surface area contributed by atoms with Crippen molar-refractivity contribution in [3.05, 3.63) is 41.5 Å². The summed E-state index contributed by atoms with van der Waals surface area (Å²) in [7, 11) is 0. The first-order chi connectivity index (χ1) is 8.69. The Morgan fingerprint density at radius 3 is 2.61 bits per heavy atom. The second-order valence-electron chi connectivity index (χ2n) is 4.13. The van der Waals surface area contributed by atoms with Crippen molar-refractivity contribution in [2.24, 2.45) is 0 Å². The van der Waals surface area contributed by atoms with Crippen LogP contribution in [-0.2, 0) is 5.75 Å². The molecule has 0 unspecified atom stereocenters. The van der Waals surface area contributed by atoms with Gasteiger partial charge in [-0.05, 0) is 24.3 Å². The predicted octanol–water partition coefficient (Wildman–Crippen LogP) is 3.36. The Kier molecular flexibility index (Phi) is 4.00. The summed E-state index contributed by atoms with van der Waals surface area (Å²) in [6, 6.07) is 9.54. The Labute approximate surface area is 110 Å². The maximum absolute atomic E-state index is 8.70. The third-order valence-electron chi connectivity index (χ3n) is 2.35. The van der Waals surface area contributed by atoms with Gasteiger partial charge in [-0.1, -0.05) is 19.0 Å². The first-order valence-corrected chi connectivity index (χ1v) is 6.63. The third kappa shape index (κ3) is 3.11. The van der Waals surface area contributed by atoms with Gasteiger partial charge in [0.1, 0.15) is 0 Å². The van der Waals surface area contributed by atoms with Crippen molar-refractivity contribution in [2.75, 3.05) is 0 Å². The number of hydrogen-bond acceptors (Lipinski definition) is 5. The average Bonchev–Trinajstić information content (AvgIpc) is 2.86. The molecule has 4 nitrogen and oxygen atoms in total. The summed E-state index contributed by atoms with van der Waals surface area (Å²) in [5.41, 5.74) is 0.666. The normalized spacial score (nSPS) is 10.6. The number of thioether (sulfide) groups is 1. The van der Waals surface area contributed by atoms with E-state index >= 15 is 0 Å². The largest absolute Gasteiger partial charge is 0.338 e. The molecule has 2 aromatic rings. The predicted molar refractivity (Wildman–Crippen MR) is 69.1 cm³/mol. The molecule has 0 aliphatic rings. The minimum absolute atomic E-state index is 0.280. The molecule has 0 aliphatic heterocycles. The molecule has 0 bridgehead atoms. The number of nitrogens with zero attached hydrogens (tertiary/aromatic N) is 3. The van der Waals surface area contributed by atoms with Gasteiger partial charge in [0.25, 0.3) is 0 Å². The number of benzene rings is 1. The number of aromatic nitrogens is 2. The Bertz CT molecular complexity index is 554. The van der Waals surface area contributed by atoms with Crippen molar-refractivity contribution >= 4 is 11.8 Å². The van der Waals surface area contributed by atoms with Gasteiger partial charge >= 0.3 is 0 Å². The quantitative estimate of drug-likeness (QED) is 0.788. The topological polar surface area (TPSA) is 62.7 Å². The fourth-order valence-corrected chi connectivity index (χ4v) is 2.07. The van der Waals surface area contributed by atoms with Gasteiger partial charge in [0.2, 0.25) is 5.89 Å². The van der Waals surface area contributed by atoms with E-state index in [-0.39, 0.29) is 5.92 Å². The number of nitriles is 1.